The molecule has 9 heteroatoms. The number of aromatic nitrogens is 2. The number of rotatable bonds is 6. The van der Waals surface area contributed by atoms with Gasteiger partial charge in [0.15, 0.2) is 0 Å². The maximum atomic E-state index is 12.6. The van der Waals surface area contributed by atoms with Crippen LogP contribution in [0.15, 0.2) is 47.0 Å². The first-order valence-electron chi connectivity index (χ1n) is 8.36. The van der Waals surface area contributed by atoms with E-state index in [4.69, 9.17) is 9.26 Å². The predicted molar refractivity (Wildman–Crippen MR) is 99.9 cm³/mol. The summed E-state index contributed by atoms with van der Waals surface area (Å²) in [4.78, 5) is 28.8. The standard InChI is InChI=1S/C19H18N4O5/c1-12-7-8-14(10-16(12)23(25)26)19(24)22(2)11-17-20-18(21-28-17)13-5-4-6-15(9-13)27-3/h4-10H,11H2,1-3H3. The molecule has 0 atom stereocenters. The van der Waals surface area contributed by atoms with Gasteiger partial charge in [-0.2, -0.15) is 4.98 Å². The highest BCUT2D eigenvalue weighted by molar-refractivity contribution is 5.94. The fraction of sp³-hybridized carbons (Fsp3) is 0.211. The summed E-state index contributed by atoms with van der Waals surface area (Å²) in [5, 5.41) is 15.0. The molecule has 9 nitrogen and oxygen atoms in total. The lowest BCUT2D eigenvalue weighted by atomic mass is 10.1. The van der Waals surface area contributed by atoms with E-state index in [1.54, 1.807) is 45.3 Å². The third-order valence-electron chi connectivity index (χ3n) is 4.17. The summed E-state index contributed by atoms with van der Waals surface area (Å²) in [6.45, 7) is 1.69. The number of nitrogens with zero attached hydrogens (tertiary/aromatic N) is 4. The van der Waals surface area contributed by atoms with E-state index in [0.29, 0.717) is 17.1 Å². The van der Waals surface area contributed by atoms with E-state index < -0.39 is 4.92 Å². The van der Waals surface area contributed by atoms with Crippen molar-refractivity contribution in [3.05, 3.63) is 69.6 Å². The zero-order valence-corrected chi connectivity index (χ0v) is 15.6. The van der Waals surface area contributed by atoms with Gasteiger partial charge in [0.25, 0.3) is 11.6 Å². The Bertz CT molecular complexity index is 1030. The zero-order valence-electron chi connectivity index (χ0n) is 15.6. The van der Waals surface area contributed by atoms with Crippen molar-refractivity contribution in [2.24, 2.45) is 0 Å². The van der Waals surface area contributed by atoms with Gasteiger partial charge < -0.3 is 14.2 Å². The van der Waals surface area contributed by atoms with Crippen LogP contribution in [0.25, 0.3) is 11.4 Å². The summed E-state index contributed by atoms with van der Waals surface area (Å²) < 4.78 is 10.4. The second-order valence-electron chi connectivity index (χ2n) is 6.16. The largest absolute Gasteiger partial charge is 0.497 e. The van der Waals surface area contributed by atoms with Gasteiger partial charge in [0, 0.05) is 29.8 Å². The molecular formula is C19H18N4O5. The van der Waals surface area contributed by atoms with Gasteiger partial charge in [0.1, 0.15) is 5.75 Å². The van der Waals surface area contributed by atoms with Crippen molar-refractivity contribution in [1.82, 2.24) is 15.0 Å². The zero-order chi connectivity index (χ0) is 20.3. The average Bonchev–Trinajstić information content (AvgIpc) is 3.16. The Morgan fingerprint density at radius 2 is 2.07 bits per heavy atom. The van der Waals surface area contributed by atoms with Crippen LogP contribution in [0.2, 0.25) is 0 Å². The van der Waals surface area contributed by atoms with Gasteiger partial charge in [-0.1, -0.05) is 23.4 Å². The quantitative estimate of drug-likeness (QED) is 0.475. The maximum absolute atomic E-state index is 12.6. The summed E-state index contributed by atoms with van der Waals surface area (Å²) in [6, 6.07) is 11.6. The minimum atomic E-state index is -0.509. The number of amides is 1. The number of nitro benzene ring substituents is 1. The molecule has 0 aliphatic carbocycles. The van der Waals surface area contributed by atoms with Crippen molar-refractivity contribution in [1.29, 1.82) is 0 Å². The molecule has 0 saturated heterocycles. The summed E-state index contributed by atoms with van der Waals surface area (Å²) >= 11 is 0. The van der Waals surface area contributed by atoms with Gasteiger partial charge in [0.2, 0.25) is 11.7 Å². The molecule has 0 N–H and O–H groups in total. The highest BCUT2D eigenvalue weighted by Gasteiger charge is 2.20. The Kier molecular flexibility index (Phi) is 5.35. The Labute approximate surface area is 160 Å². The van der Waals surface area contributed by atoms with Gasteiger partial charge in [0.05, 0.1) is 18.6 Å². The predicted octanol–water partition coefficient (Wildman–Crippen LogP) is 3.23. The van der Waals surface area contributed by atoms with E-state index >= 15 is 0 Å². The van der Waals surface area contributed by atoms with Crippen LogP contribution >= 0.6 is 0 Å². The second kappa shape index (κ2) is 7.87. The molecule has 0 fully saturated rings. The number of carbonyl (C=O) groups is 1. The lowest BCUT2D eigenvalue weighted by Crippen LogP contribution is -2.26. The molecular weight excluding hydrogens is 364 g/mol. The SMILES string of the molecule is COc1cccc(-c2noc(CN(C)C(=O)c3ccc(C)c([N+](=O)[O-])c3)n2)c1. The number of hydrogen-bond acceptors (Lipinski definition) is 7. The Morgan fingerprint density at radius 3 is 2.79 bits per heavy atom. The van der Waals surface area contributed by atoms with Crippen LogP contribution in [0.4, 0.5) is 5.69 Å². The Hall–Kier alpha value is -3.75. The van der Waals surface area contributed by atoms with Gasteiger partial charge in [-0.05, 0) is 25.1 Å². The normalized spacial score (nSPS) is 10.5. The monoisotopic (exact) mass is 382 g/mol. The minimum Gasteiger partial charge on any atom is -0.497 e. The van der Waals surface area contributed by atoms with Gasteiger partial charge in [-0.3, -0.25) is 14.9 Å². The molecule has 0 spiro atoms. The summed E-state index contributed by atoms with van der Waals surface area (Å²) in [6.07, 6.45) is 0. The molecule has 0 saturated carbocycles. The number of hydrogen-bond donors (Lipinski definition) is 0. The van der Waals surface area contributed by atoms with E-state index in [1.807, 2.05) is 12.1 Å². The fourth-order valence-corrected chi connectivity index (χ4v) is 2.63. The number of aryl methyl sites for hydroxylation is 1. The van der Waals surface area contributed by atoms with Crippen LogP contribution in [0.5, 0.6) is 5.75 Å². The third-order valence-corrected chi connectivity index (χ3v) is 4.17. The molecule has 144 valence electrons. The number of benzene rings is 2. The van der Waals surface area contributed by atoms with Crippen molar-refractivity contribution < 1.29 is 19.0 Å². The molecule has 0 radical (unpaired) electrons. The molecule has 2 aromatic carbocycles. The first kappa shape index (κ1) is 19.0. The molecule has 0 unspecified atom stereocenters. The number of nitro groups is 1. The molecule has 0 bridgehead atoms. The maximum Gasteiger partial charge on any atom is 0.273 e. The lowest BCUT2D eigenvalue weighted by Gasteiger charge is -2.14. The van der Waals surface area contributed by atoms with E-state index in [-0.39, 0.29) is 29.6 Å². The Morgan fingerprint density at radius 1 is 1.29 bits per heavy atom. The third kappa shape index (κ3) is 3.98. The molecule has 3 aromatic rings. The summed E-state index contributed by atoms with van der Waals surface area (Å²) in [5.41, 5.74) is 1.33. The van der Waals surface area contributed by atoms with Crippen LogP contribution in [0.3, 0.4) is 0 Å². The van der Waals surface area contributed by atoms with E-state index in [9.17, 15) is 14.9 Å². The van der Waals surface area contributed by atoms with Crippen molar-refractivity contribution in [3.8, 4) is 17.1 Å². The van der Waals surface area contributed by atoms with Crippen LogP contribution in [0, 0.1) is 17.0 Å². The van der Waals surface area contributed by atoms with Gasteiger partial charge in [-0.15, -0.1) is 0 Å². The molecule has 3 rings (SSSR count). The van der Waals surface area contributed by atoms with E-state index in [0.717, 1.165) is 5.56 Å². The molecule has 1 aromatic heterocycles. The average molecular weight is 382 g/mol. The van der Waals surface area contributed by atoms with E-state index in [2.05, 4.69) is 10.1 Å². The molecule has 28 heavy (non-hydrogen) atoms. The van der Waals surface area contributed by atoms with Crippen LogP contribution in [-0.2, 0) is 6.54 Å². The van der Waals surface area contributed by atoms with Gasteiger partial charge in [-0.25, -0.2) is 0 Å². The lowest BCUT2D eigenvalue weighted by molar-refractivity contribution is -0.385. The fourth-order valence-electron chi connectivity index (χ4n) is 2.63. The first-order chi connectivity index (χ1) is 13.4. The molecule has 0 aliphatic heterocycles. The van der Waals surface area contributed by atoms with Crippen LogP contribution < -0.4 is 4.74 Å². The number of ether oxygens (including phenoxy) is 1. The summed E-state index contributed by atoms with van der Waals surface area (Å²) in [7, 11) is 3.13. The van der Waals surface area contributed by atoms with Crippen molar-refractivity contribution in [2.45, 2.75) is 13.5 Å². The smallest absolute Gasteiger partial charge is 0.273 e. The van der Waals surface area contributed by atoms with Gasteiger partial charge >= 0.3 is 0 Å². The van der Waals surface area contributed by atoms with Crippen molar-refractivity contribution in [3.63, 3.8) is 0 Å². The Balaban J connectivity index is 1.75. The topological polar surface area (TPSA) is 112 Å². The summed E-state index contributed by atoms with van der Waals surface area (Å²) in [5.74, 6) is 0.900. The molecule has 1 amide bonds. The van der Waals surface area contributed by atoms with Crippen LogP contribution in [0.1, 0.15) is 21.8 Å². The number of methoxy groups -OCH3 is 1. The number of carbonyl (C=O) groups excluding carboxylic acids is 1. The molecule has 1 heterocycles. The van der Waals surface area contributed by atoms with Crippen molar-refractivity contribution >= 4 is 11.6 Å². The minimum absolute atomic E-state index is 0.0669. The second-order valence-corrected chi connectivity index (χ2v) is 6.16. The van der Waals surface area contributed by atoms with Crippen LogP contribution in [-0.4, -0.2) is 40.0 Å². The van der Waals surface area contributed by atoms with Crippen molar-refractivity contribution in [2.75, 3.05) is 14.2 Å². The first-order valence-corrected chi connectivity index (χ1v) is 8.36. The highest BCUT2D eigenvalue weighted by atomic mass is 16.6. The van der Waals surface area contributed by atoms with E-state index in [1.165, 1.54) is 11.0 Å². The highest BCUT2D eigenvalue weighted by Crippen LogP contribution is 2.22. The molecule has 0 aliphatic rings.